The SMILES string of the molecule is COc1cccc2c1C(C)C(C)C2N. The number of nitrogens with two attached hydrogens (primary N) is 1. The van der Waals surface area contributed by atoms with Crippen molar-refractivity contribution in [2.24, 2.45) is 11.7 Å². The molecule has 2 rings (SSSR count). The summed E-state index contributed by atoms with van der Waals surface area (Å²) in [6.07, 6.45) is 0. The second kappa shape index (κ2) is 3.28. The molecule has 2 heteroatoms. The van der Waals surface area contributed by atoms with Crippen LogP contribution < -0.4 is 10.5 Å². The number of benzene rings is 1. The zero-order valence-electron chi connectivity index (χ0n) is 8.95. The Morgan fingerprint density at radius 2 is 2.00 bits per heavy atom. The first-order valence-corrected chi connectivity index (χ1v) is 5.09. The van der Waals surface area contributed by atoms with Gasteiger partial charge in [0.15, 0.2) is 0 Å². The maximum absolute atomic E-state index is 6.15. The molecule has 1 aliphatic rings. The van der Waals surface area contributed by atoms with E-state index in [0.717, 1.165) is 5.75 Å². The van der Waals surface area contributed by atoms with E-state index in [1.807, 2.05) is 12.1 Å². The largest absolute Gasteiger partial charge is 0.496 e. The molecule has 0 saturated heterocycles. The van der Waals surface area contributed by atoms with Crippen LogP contribution in [0.15, 0.2) is 18.2 Å². The van der Waals surface area contributed by atoms with Crippen LogP contribution in [0.1, 0.15) is 36.9 Å². The molecular formula is C12H17NO. The van der Waals surface area contributed by atoms with Gasteiger partial charge in [0.2, 0.25) is 0 Å². The first-order valence-electron chi connectivity index (χ1n) is 5.09. The van der Waals surface area contributed by atoms with Crippen LogP contribution in [0.5, 0.6) is 5.75 Å². The van der Waals surface area contributed by atoms with Gasteiger partial charge in [-0.05, 0) is 23.5 Å². The number of hydrogen-bond donors (Lipinski definition) is 1. The number of fused-ring (bicyclic) bond motifs is 1. The number of hydrogen-bond acceptors (Lipinski definition) is 2. The number of ether oxygens (including phenoxy) is 1. The third-order valence-corrected chi connectivity index (χ3v) is 3.49. The van der Waals surface area contributed by atoms with Crippen LogP contribution in [0.3, 0.4) is 0 Å². The minimum atomic E-state index is 0.162. The summed E-state index contributed by atoms with van der Waals surface area (Å²) in [5.41, 5.74) is 8.70. The van der Waals surface area contributed by atoms with Gasteiger partial charge in [0.1, 0.15) is 5.75 Å². The first-order chi connectivity index (χ1) is 6.66. The lowest BCUT2D eigenvalue weighted by Crippen LogP contribution is -2.14. The summed E-state index contributed by atoms with van der Waals surface area (Å²) in [6.45, 7) is 4.42. The standard InChI is InChI=1S/C12H17NO/c1-7-8(2)12(13)9-5-4-6-10(14-3)11(7)9/h4-8,12H,13H2,1-3H3. The predicted molar refractivity (Wildman–Crippen MR) is 57.5 cm³/mol. The van der Waals surface area contributed by atoms with Gasteiger partial charge in [-0.25, -0.2) is 0 Å². The zero-order chi connectivity index (χ0) is 10.3. The van der Waals surface area contributed by atoms with E-state index in [0.29, 0.717) is 11.8 Å². The molecule has 0 saturated carbocycles. The van der Waals surface area contributed by atoms with E-state index in [1.165, 1.54) is 11.1 Å². The van der Waals surface area contributed by atoms with Crippen molar-refractivity contribution in [1.82, 2.24) is 0 Å². The Labute approximate surface area is 85.1 Å². The zero-order valence-corrected chi connectivity index (χ0v) is 8.95. The van der Waals surface area contributed by atoms with Crippen molar-refractivity contribution in [3.8, 4) is 5.75 Å². The average molecular weight is 191 g/mol. The molecule has 0 bridgehead atoms. The van der Waals surface area contributed by atoms with Crippen LogP contribution in [-0.4, -0.2) is 7.11 Å². The van der Waals surface area contributed by atoms with Crippen LogP contribution in [0.4, 0.5) is 0 Å². The van der Waals surface area contributed by atoms with E-state index >= 15 is 0 Å². The van der Waals surface area contributed by atoms with E-state index in [9.17, 15) is 0 Å². The van der Waals surface area contributed by atoms with E-state index in [1.54, 1.807) is 7.11 Å². The molecule has 76 valence electrons. The highest BCUT2D eigenvalue weighted by atomic mass is 16.5. The monoisotopic (exact) mass is 191 g/mol. The Kier molecular flexibility index (Phi) is 2.23. The van der Waals surface area contributed by atoms with Crippen LogP contribution >= 0.6 is 0 Å². The molecule has 1 aromatic rings. The second-order valence-corrected chi connectivity index (χ2v) is 4.14. The van der Waals surface area contributed by atoms with E-state index < -0.39 is 0 Å². The lowest BCUT2D eigenvalue weighted by atomic mass is 9.94. The molecule has 0 fully saturated rings. The summed E-state index contributed by atoms with van der Waals surface area (Å²) in [6, 6.07) is 6.31. The van der Waals surface area contributed by atoms with Crippen LogP contribution in [0.25, 0.3) is 0 Å². The summed E-state index contributed by atoms with van der Waals surface area (Å²) in [4.78, 5) is 0. The molecule has 3 unspecified atom stereocenters. The molecule has 0 spiro atoms. The number of rotatable bonds is 1. The van der Waals surface area contributed by atoms with E-state index in [4.69, 9.17) is 10.5 Å². The Morgan fingerprint density at radius 3 is 2.64 bits per heavy atom. The maximum atomic E-state index is 6.15. The van der Waals surface area contributed by atoms with E-state index in [2.05, 4.69) is 19.9 Å². The van der Waals surface area contributed by atoms with Crippen molar-refractivity contribution in [1.29, 1.82) is 0 Å². The van der Waals surface area contributed by atoms with E-state index in [-0.39, 0.29) is 6.04 Å². The molecule has 0 aliphatic heterocycles. The smallest absolute Gasteiger partial charge is 0.122 e. The van der Waals surface area contributed by atoms with Gasteiger partial charge < -0.3 is 10.5 Å². The van der Waals surface area contributed by atoms with Crippen molar-refractivity contribution in [3.05, 3.63) is 29.3 Å². The lowest BCUT2D eigenvalue weighted by Gasteiger charge is -2.14. The predicted octanol–water partition coefficient (Wildman–Crippen LogP) is 2.45. The molecule has 2 nitrogen and oxygen atoms in total. The third-order valence-electron chi connectivity index (χ3n) is 3.49. The molecule has 14 heavy (non-hydrogen) atoms. The summed E-state index contributed by atoms with van der Waals surface area (Å²) in [5.74, 6) is 1.98. The molecular weight excluding hydrogens is 174 g/mol. The summed E-state index contributed by atoms with van der Waals surface area (Å²) >= 11 is 0. The van der Waals surface area contributed by atoms with Gasteiger partial charge in [-0.1, -0.05) is 26.0 Å². The first kappa shape index (κ1) is 9.53. The molecule has 1 aliphatic carbocycles. The molecule has 2 N–H and O–H groups in total. The van der Waals surface area contributed by atoms with Crippen LogP contribution in [0.2, 0.25) is 0 Å². The molecule has 0 aromatic heterocycles. The van der Waals surface area contributed by atoms with Gasteiger partial charge in [-0.15, -0.1) is 0 Å². The Hall–Kier alpha value is -1.02. The fourth-order valence-corrected chi connectivity index (χ4v) is 2.37. The summed E-state index contributed by atoms with van der Waals surface area (Å²) in [7, 11) is 1.72. The van der Waals surface area contributed by atoms with Crippen molar-refractivity contribution >= 4 is 0 Å². The fourth-order valence-electron chi connectivity index (χ4n) is 2.37. The van der Waals surface area contributed by atoms with Crippen LogP contribution in [0, 0.1) is 5.92 Å². The molecule has 0 radical (unpaired) electrons. The average Bonchev–Trinajstić information content (AvgIpc) is 2.44. The highest BCUT2D eigenvalue weighted by Gasteiger charge is 2.34. The van der Waals surface area contributed by atoms with Crippen molar-refractivity contribution in [2.75, 3.05) is 7.11 Å². The van der Waals surface area contributed by atoms with Gasteiger partial charge in [0, 0.05) is 11.6 Å². The Morgan fingerprint density at radius 1 is 1.29 bits per heavy atom. The lowest BCUT2D eigenvalue weighted by molar-refractivity contribution is 0.399. The molecule has 3 atom stereocenters. The van der Waals surface area contributed by atoms with Gasteiger partial charge in [0.05, 0.1) is 7.11 Å². The second-order valence-electron chi connectivity index (χ2n) is 4.14. The minimum Gasteiger partial charge on any atom is -0.496 e. The van der Waals surface area contributed by atoms with Gasteiger partial charge in [0.25, 0.3) is 0 Å². The van der Waals surface area contributed by atoms with Crippen molar-refractivity contribution in [2.45, 2.75) is 25.8 Å². The van der Waals surface area contributed by atoms with Crippen LogP contribution in [-0.2, 0) is 0 Å². The highest BCUT2D eigenvalue weighted by molar-refractivity contribution is 5.48. The van der Waals surface area contributed by atoms with Gasteiger partial charge in [-0.2, -0.15) is 0 Å². The Bertz CT molecular complexity index is 348. The quantitative estimate of drug-likeness (QED) is 0.740. The topological polar surface area (TPSA) is 35.2 Å². The fraction of sp³-hybridized carbons (Fsp3) is 0.500. The van der Waals surface area contributed by atoms with Crippen molar-refractivity contribution < 1.29 is 4.74 Å². The van der Waals surface area contributed by atoms with Gasteiger partial charge >= 0.3 is 0 Å². The normalized spacial score (nSPS) is 30.1. The highest BCUT2D eigenvalue weighted by Crippen LogP contribution is 2.47. The minimum absolute atomic E-state index is 0.162. The van der Waals surface area contributed by atoms with Crippen molar-refractivity contribution in [3.63, 3.8) is 0 Å². The third kappa shape index (κ3) is 1.14. The van der Waals surface area contributed by atoms with Gasteiger partial charge in [-0.3, -0.25) is 0 Å². The summed E-state index contributed by atoms with van der Waals surface area (Å²) < 4.78 is 5.37. The Balaban J connectivity index is 2.57. The molecule has 0 heterocycles. The summed E-state index contributed by atoms with van der Waals surface area (Å²) in [5, 5.41) is 0. The number of methoxy groups -OCH3 is 1. The molecule has 0 amide bonds. The maximum Gasteiger partial charge on any atom is 0.122 e. The molecule has 1 aromatic carbocycles.